The number of fused-ring (bicyclic) bond motifs is 2. The number of carbonyl (C=O) groups is 3. The molecule has 35 heavy (non-hydrogen) atoms. The number of para-hydroxylation sites is 1. The van der Waals surface area contributed by atoms with E-state index in [2.05, 4.69) is 5.32 Å². The summed E-state index contributed by atoms with van der Waals surface area (Å²) in [6, 6.07) is 13.1. The van der Waals surface area contributed by atoms with Crippen LogP contribution in [0.1, 0.15) is 17.5 Å². The van der Waals surface area contributed by atoms with Crippen LogP contribution in [-0.4, -0.2) is 79.7 Å². The zero-order valence-electron chi connectivity index (χ0n) is 19.3. The Morgan fingerprint density at radius 2 is 1.71 bits per heavy atom. The Hall–Kier alpha value is -3.44. The van der Waals surface area contributed by atoms with Crippen LogP contribution in [0, 0.1) is 6.92 Å². The standard InChI is InChI=1S/C24H26N4O6S/c1-17-6-8-18(9-7-17)35(32,33)27-13-11-26(12-14-27)21(29)16-28-22(30)24(25-23(28)31)10-15-34-20-5-3-2-4-19(20)24/h2-9H,10-16H2,1H3,(H,25,31)/t24-/m0/s1. The fraction of sp³-hybridized carbons (Fsp3) is 0.375. The summed E-state index contributed by atoms with van der Waals surface area (Å²) in [6.45, 7) is 2.37. The number of aryl methyl sites for hydroxylation is 1. The molecule has 0 radical (unpaired) electrons. The molecule has 10 nitrogen and oxygen atoms in total. The number of sulfonamides is 1. The van der Waals surface area contributed by atoms with Crippen LogP contribution in [0.15, 0.2) is 53.4 Å². The fourth-order valence-corrected chi connectivity index (χ4v) is 6.21. The number of urea groups is 1. The van der Waals surface area contributed by atoms with E-state index in [0.717, 1.165) is 10.5 Å². The number of hydrogen-bond acceptors (Lipinski definition) is 6. The van der Waals surface area contributed by atoms with Crippen molar-refractivity contribution in [3.05, 3.63) is 59.7 Å². The van der Waals surface area contributed by atoms with E-state index in [9.17, 15) is 22.8 Å². The van der Waals surface area contributed by atoms with Gasteiger partial charge in [-0.3, -0.25) is 14.5 Å². The second-order valence-corrected chi connectivity index (χ2v) is 10.9. The van der Waals surface area contributed by atoms with Crippen molar-refractivity contribution < 1.29 is 27.5 Å². The molecule has 0 unspecified atom stereocenters. The summed E-state index contributed by atoms with van der Waals surface area (Å²) >= 11 is 0. The van der Waals surface area contributed by atoms with Crippen LogP contribution in [-0.2, 0) is 25.2 Å². The number of nitrogens with one attached hydrogen (secondary N) is 1. The monoisotopic (exact) mass is 498 g/mol. The molecule has 2 aromatic rings. The summed E-state index contributed by atoms with van der Waals surface area (Å²) in [5, 5.41) is 2.78. The van der Waals surface area contributed by atoms with Gasteiger partial charge in [-0.25, -0.2) is 13.2 Å². The van der Waals surface area contributed by atoms with Crippen LogP contribution < -0.4 is 10.1 Å². The Kier molecular flexibility index (Phi) is 5.76. The maximum absolute atomic E-state index is 13.4. The van der Waals surface area contributed by atoms with Crippen LogP contribution in [0.2, 0.25) is 0 Å². The first-order valence-electron chi connectivity index (χ1n) is 11.4. The van der Waals surface area contributed by atoms with E-state index in [4.69, 9.17) is 4.74 Å². The molecule has 11 heteroatoms. The Morgan fingerprint density at radius 3 is 2.43 bits per heavy atom. The molecule has 2 saturated heterocycles. The molecule has 0 aromatic heterocycles. The van der Waals surface area contributed by atoms with E-state index in [1.165, 1.54) is 9.21 Å². The molecule has 2 aromatic carbocycles. The van der Waals surface area contributed by atoms with E-state index >= 15 is 0 Å². The highest BCUT2D eigenvalue weighted by molar-refractivity contribution is 7.89. The van der Waals surface area contributed by atoms with E-state index < -0.39 is 40.0 Å². The number of carbonyl (C=O) groups excluding carboxylic acids is 3. The second-order valence-electron chi connectivity index (χ2n) is 8.92. The average molecular weight is 499 g/mol. The molecule has 1 atom stereocenters. The molecule has 184 valence electrons. The Labute approximate surface area is 203 Å². The van der Waals surface area contributed by atoms with Gasteiger partial charge in [0.25, 0.3) is 5.91 Å². The fourth-order valence-electron chi connectivity index (χ4n) is 4.79. The highest BCUT2D eigenvalue weighted by Gasteiger charge is 2.55. The van der Waals surface area contributed by atoms with Crippen LogP contribution in [0.5, 0.6) is 5.75 Å². The number of piperazine rings is 1. The number of imide groups is 1. The second kappa shape index (κ2) is 8.65. The smallest absolute Gasteiger partial charge is 0.325 e. The minimum Gasteiger partial charge on any atom is -0.493 e. The number of rotatable bonds is 4. The van der Waals surface area contributed by atoms with Crippen LogP contribution in [0.25, 0.3) is 0 Å². The number of nitrogens with zero attached hydrogens (tertiary/aromatic N) is 3. The van der Waals surface area contributed by atoms with Gasteiger partial charge < -0.3 is 15.0 Å². The molecule has 0 saturated carbocycles. The molecule has 1 spiro atoms. The predicted molar refractivity (Wildman–Crippen MR) is 125 cm³/mol. The third kappa shape index (κ3) is 3.94. The number of amides is 4. The van der Waals surface area contributed by atoms with Crippen molar-refractivity contribution in [2.75, 3.05) is 39.3 Å². The summed E-state index contributed by atoms with van der Waals surface area (Å²) < 4.78 is 32.8. The molecular formula is C24H26N4O6S. The molecule has 5 rings (SSSR count). The van der Waals surface area contributed by atoms with Gasteiger partial charge in [-0.2, -0.15) is 4.31 Å². The molecule has 3 aliphatic heterocycles. The predicted octanol–water partition coefficient (Wildman–Crippen LogP) is 1.06. The van der Waals surface area contributed by atoms with E-state index in [1.54, 1.807) is 48.5 Å². The number of benzene rings is 2. The maximum Gasteiger partial charge on any atom is 0.325 e. The first-order chi connectivity index (χ1) is 16.7. The van der Waals surface area contributed by atoms with E-state index in [0.29, 0.717) is 11.3 Å². The number of hydrogen-bond donors (Lipinski definition) is 1. The molecule has 3 heterocycles. The van der Waals surface area contributed by atoms with E-state index in [1.807, 2.05) is 6.92 Å². The van der Waals surface area contributed by atoms with Crippen molar-refractivity contribution in [2.45, 2.75) is 23.8 Å². The first-order valence-corrected chi connectivity index (χ1v) is 12.9. The van der Waals surface area contributed by atoms with Crippen LogP contribution >= 0.6 is 0 Å². The van der Waals surface area contributed by atoms with Crippen molar-refractivity contribution in [3.63, 3.8) is 0 Å². The van der Waals surface area contributed by atoms with Crippen molar-refractivity contribution in [3.8, 4) is 5.75 Å². The van der Waals surface area contributed by atoms with Crippen molar-refractivity contribution in [1.82, 2.24) is 19.4 Å². The first kappa shape index (κ1) is 23.3. The van der Waals surface area contributed by atoms with Gasteiger partial charge in [0, 0.05) is 38.2 Å². The Morgan fingerprint density at radius 1 is 1.03 bits per heavy atom. The number of ether oxygens (including phenoxy) is 1. The summed E-state index contributed by atoms with van der Waals surface area (Å²) in [4.78, 5) is 41.7. The van der Waals surface area contributed by atoms with Crippen molar-refractivity contribution in [2.24, 2.45) is 0 Å². The molecule has 4 amide bonds. The average Bonchev–Trinajstić information content (AvgIpc) is 3.09. The normalized spacial score (nSPS) is 22.7. The van der Waals surface area contributed by atoms with E-state index in [-0.39, 0.29) is 44.1 Å². The summed E-state index contributed by atoms with van der Waals surface area (Å²) in [5.41, 5.74) is 0.299. The molecule has 0 aliphatic carbocycles. The highest BCUT2D eigenvalue weighted by Crippen LogP contribution is 2.40. The summed E-state index contributed by atoms with van der Waals surface area (Å²) in [7, 11) is -3.66. The third-order valence-corrected chi connectivity index (χ3v) is 8.71. The van der Waals surface area contributed by atoms with Gasteiger partial charge in [-0.1, -0.05) is 35.9 Å². The van der Waals surface area contributed by atoms with Gasteiger partial charge in [-0.15, -0.1) is 0 Å². The lowest BCUT2D eigenvalue weighted by Crippen LogP contribution is -2.53. The van der Waals surface area contributed by atoms with Gasteiger partial charge in [0.2, 0.25) is 15.9 Å². The SMILES string of the molecule is Cc1ccc(S(=O)(=O)N2CCN(C(=O)CN3C(=O)N[C@]4(CCOc5ccccc54)C3=O)CC2)cc1. The quantitative estimate of drug-likeness (QED) is 0.630. The zero-order chi connectivity index (χ0) is 24.8. The molecular weight excluding hydrogens is 472 g/mol. The van der Waals surface area contributed by atoms with Crippen molar-refractivity contribution >= 4 is 27.9 Å². The Bertz CT molecular complexity index is 1290. The van der Waals surface area contributed by atoms with Gasteiger partial charge in [0.1, 0.15) is 12.3 Å². The zero-order valence-corrected chi connectivity index (χ0v) is 20.1. The molecule has 3 aliphatic rings. The lowest BCUT2D eigenvalue weighted by molar-refractivity contribution is -0.140. The molecule has 0 bridgehead atoms. The minimum atomic E-state index is -3.66. The van der Waals surface area contributed by atoms with Gasteiger partial charge in [0.15, 0.2) is 5.54 Å². The minimum absolute atomic E-state index is 0.136. The maximum atomic E-state index is 13.4. The molecule has 2 fully saturated rings. The van der Waals surface area contributed by atoms with Crippen LogP contribution in [0.4, 0.5) is 4.79 Å². The largest absolute Gasteiger partial charge is 0.493 e. The van der Waals surface area contributed by atoms with Gasteiger partial charge >= 0.3 is 6.03 Å². The third-order valence-electron chi connectivity index (χ3n) is 6.80. The summed E-state index contributed by atoms with van der Waals surface area (Å²) in [5.74, 6) is -0.350. The molecule has 1 N–H and O–H groups in total. The lowest BCUT2D eigenvalue weighted by atomic mass is 9.84. The van der Waals surface area contributed by atoms with Gasteiger partial charge in [-0.05, 0) is 25.1 Å². The van der Waals surface area contributed by atoms with Crippen LogP contribution in [0.3, 0.4) is 0 Å². The summed E-state index contributed by atoms with van der Waals surface area (Å²) in [6.07, 6.45) is 0.273. The lowest BCUT2D eigenvalue weighted by Gasteiger charge is -2.35. The van der Waals surface area contributed by atoms with Gasteiger partial charge in [0.05, 0.1) is 11.5 Å². The topological polar surface area (TPSA) is 116 Å². The van der Waals surface area contributed by atoms with Crippen molar-refractivity contribution in [1.29, 1.82) is 0 Å². The highest BCUT2D eigenvalue weighted by atomic mass is 32.2. The Balaban J connectivity index is 1.25.